The van der Waals surface area contributed by atoms with Crippen molar-refractivity contribution in [1.29, 1.82) is 0 Å². The Labute approximate surface area is 178 Å². The fraction of sp³-hybridized carbons (Fsp3) is 0.118. The molecule has 31 heavy (non-hydrogen) atoms. The molecule has 1 aromatic carbocycles. The summed E-state index contributed by atoms with van der Waals surface area (Å²) in [6.07, 6.45) is 4.28. The number of anilines is 1. The van der Waals surface area contributed by atoms with Crippen LogP contribution in [0.2, 0.25) is 5.02 Å². The van der Waals surface area contributed by atoms with Gasteiger partial charge in [0, 0.05) is 34.1 Å². The summed E-state index contributed by atoms with van der Waals surface area (Å²) < 4.78 is 17.9. The van der Waals surface area contributed by atoms with Crippen LogP contribution in [0.5, 0.6) is 0 Å². The zero-order valence-corrected chi connectivity index (χ0v) is 16.3. The van der Waals surface area contributed by atoms with E-state index < -0.39 is 22.6 Å². The maximum atomic E-state index is 13.9. The lowest BCUT2D eigenvalue weighted by molar-refractivity contribution is -0.394. The summed E-state index contributed by atoms with van der Waals surface area (Å²) in [5.41, 5.74) is 0.388. The van der Waals surface area contributed by atoms with Gasteiger partial charge in [0.25, 0.3) is 5.91 Å². The SMILES string of the molecule is O=C(Nc1ccn(Cc2c(F)cccc2Cl)n1)c1ccn(Cn2cnc([N+](=O)[O-])n2)n1. The third-order valence-electron chi connectivity index (χ3n) is 4.11. The topological polar surface area (TPSA) is 139 Å². The smallest absolute Gasteiger partial charge is 0.390 e. The van der Waals surface area contributed by atoms with Crippen molar-refractivity contribution < 1.29 is 14.1 Å². The Morgan fingerprint density at radius 2 is 1.94 bits per heavy atom. The molecule has 0 saturated carbocycles. The van der Waals surface area contributed by atoms with E-state index in [0.29, 0.717) is 0 Å². The number of nitrogens with one attached hydrogen (secondary N) is 1. The summed E-state index contributed by atoms with van der Waals surface area (Å²) in [6, 6.07) is 7.43. The van der Waals surface area contributed by atoms with Crippen LogP contribution < -0.4 is 5.32 Å². The van der Waals surface area contributed by atoms with Crippen LogP contribution in [0.3, 0.4) is 0 Å². The highest BCUT2D eigenvalue weighted by Crippen LogP contribution is 2.20. The van der Waals surface area contributed by atoms with Crippen molar-refractivity contribution in [3.05, 3.63) is 81.3 Å². The average Bonchev–Trinajstić information content (AvgIpc) is 3.47. The first-order valence-electron chi connectivity index (χ1n) is 8.74. The van der Waals surface area contributed by atoms with Crippen LogP contribution in [-0.4, -0.2) is 45.2 Å². The van der Waals surface area contributed by atoms with E-state index in [0.717, 1.165) is 0 Å². The molecular weight excluding hydrogens is 433 g/mol. The largest absolute Gasteiger partial charge is 0.491 e. The number of halogens is 2. The van der Waals surface area contributed by atoms with Gasteiger partial charge < -0.3 is 15.4 Å². The van der Waals surface area contributed by atoms with Crippen LogP contribution in [0.25, 0.3) is 0 Å². The molecular formula is C17H13ClFN9O3. The van der Waals surface area contributed by atoms with E-state index >= 15 is 0 Å². The molecule has 0 atom stereocenters. The Kier molecular flexibility index (Phi) is 5.41. The Morgan fingerprint density at radius 3 is 2.68 bits per heavy atom. The maximum absolute atomic E-state index is 13.9. The normalized spacial score (nSPS) is 10.9. The molecule has 0 saturated heterocycles. The second-order valence-corrected chi connectivity index (χ2v) is 6.68. The molecule has 1 amide bonds. The van der Waals surface area contributed by atoms with Gasteiger partial charge in [-0.15, -0.1) is 0 Å². The van der Waals surface area contributed by atoms with Gasteiger partial charge in [0.05, 0.1) is 6.54 Å². The van der Waals surface area contributed by atoms with Crippen molar-refractivity contribution in [2.45, 2.75) is 13.2 Å². The van der Waals surface area contributed by atoms with Gasteiger partial charge in [0.1, 0.15) is 5.82 Å². The quantitative estimate of drug-likeness (QED) is 0.339. The number of nitrogens with zero attached hydrogens (tertiary/aromatic N) is 8. The summed E-state index contributed by atoms with van der Waals surface area (Å²) >= 11 is 6.02. The van der Waals surface area contributed by atoms with Gasteiger partial charge in [0.15, 0.2) is 18.2 Å². The summed E-state index contributed by atoms with van der Waals surface area (Å²) in [6.45, 7) is 0.131. The van der Waals surface area contributed by atoms with Crippen LogP contribution in [-0.2, 0) is 13.2 Å². The van der Waals surface area contributed by atoms with E-state index in [9.17, 15) is 19.3 Å². The zero-order chi connectivity index (χ0) is 22.0. The highest BCUT2D eigenvalue weighted by molar-refractivity contribution is 6.31. The average molecular weight is 446 g/mol. The predicted octanol–water partition coefficient (Wildman–Crippen LogP) is 2.18. The van der Waals surface area contributed by atoms with E-state index in [1.54, 1.807) is 18.3 Å². The number of amides is 1. The van der Waals surface area contributed by atoms with Crippen molar-refractivity contribution in [2.75, 3.05) is 5.32 Å². The Hall–Kier alpha value is -4.13. The van der Waals surface area contributed by atoms with Gasteiger partial charge in [-0.25, -0.2) is 9.07 Å². The molecule has 4 aromatic rings. The van der Waals surface area contributed by atoms with E-state index in [1.165, 1.54) is 44.8 Å². The molecule has 14 heteroatoms. The lowest BCUT2D eigenvalue weighted by Gasteiger charge is -2.06. The van der Waals surface area contributed by atoms with Crippen LogP contribution in [0.4, 0.5) is 16.2 Å². The van der Waals surface area contributed by atoms with Crippen LogP contribution in [0.1, 0.15) is 16.1 Å². The molecule has 1 N–H and O–H groups in total. The van der Waals surface area contributed by atoms with Crippen LogP contribution in [0.15, 0.2) is 49.1 Å². The minimum Gasteiger partial charge on any atom is -0.390 e. The Bertz CT molecular complexity index is 1250. The third kappa shape index (κ3) is 4.56. The monoisotopic (exact) mass is 445 g/mol. The number of nitro groups is 1. The predicted molar refractivity (Wildman–Crippen MR) is 105 cm³/mol. The molecule has 158 valence electrons. The summed E-state index contributed by atoms with van der Waals surface area (Å²) in [5, 5.41) is 25.5. The molecule has 0 bridgehead atoms. The first kappa shape index (κ1) is 20.2. The molecule has 0 spiro atoms. The number of carbonyl (C=O) groups is 1. The van der Waals surface area contributed by atoms with Crippen molar-refractivity contribution >= 4 is 29.3 Å². The van der Waals surface area contributed by atoms with Gasteiger partial charge in [-0.05, 0) is 23.1 Å². The molecule has 3 aromatic heterocycles. The van der Waals surface area contributed by atoms with Gasteiger partial charge in [0.2, 0.25) is 6.33 Å². The van der Waals surface area contributed by atoms with Gasteiger partial charge >= 0.3 is 5.95 Å². The van der Waals surface area contributed by atoms with Crippen LogP contribution >= 0.6 is 11.6 Å². The summed E-state index contributed by atoms with van der Waals surface area (Å²) in [7, 11) is 0. The van der Waals surface area contributed by atoms with Gasteiger partial charge in [-0.1, -0.05) is 22.7 Å². The molecule has 0 unspecified atom stereocenters. The van der Waals surface area contributed by atoms with E-state index in [-0.39, 0.29) is 35.3 Å². The first-order chi connectivity index (χ1) is 14.9. The van der Waals surface area contributed by atoms with Crippen molar-refractivity contribution in [3.63, 3.8) is 0 Å². The molecule has 12 nitrogen and oxygen atoms in total. The molecule has 3 heterocycles. The third-order valence-corrected chi connectivity index (χ3v) is 4.47. The second kappa shape index (κ2) is 8.31. The number of benzene rings is 1. The fourth-order valence-electron chi connectivity index (χ4n) is 2.69. The molecule has 0 aliphatic rings. The minimum absolute atomic E-state index is 0.0339. The van der Waals surface area contributed by atoms with E-state index in [2.05, 4.69) is 25.6 Å². The molecule has 0 aliphatic carbocycles. The van der Waals surface area contributed by atoms with E-state index in [4.69, 9.17) is 11.6 Å². The minimum atomic E-state index is -0.711. The lowest BCUT2D eigenvalue weighted by atomic mass is 10.2. The first-order valence-corrected chi connectivity index (χ1v) is 9.12. The number of hydrogen-bond acceptors (Lipinski definition) is 7. The lowest BCUT2D eigenvalue weighted by Crippen LogP contribution is -2.15. The Balaban J connectivity index is 1.39. The Morgan fingerprint density at radius 1 is 1.13 bits per heavy atom. The fourth-order valence-corrected chi connectivity index (χ4v) is 2.91. The van der Waals surface area contributed by atoms with Gasteiger partial charge in [-0.3, -0.25) is 9.48 Å². The zero-order valence-electron chi connectivity index (χ0n) is 15.6. The number of carbonyl (C=O) groups excluding carboxylic acids is 1. The number of aromatic nitrogens is 7. The standard InChI is InChI=1S/C17H13ClFN9O3/c18-12-2-1-3-13(19)11(12)8-25-7-5-15(23-25)21-16(29)14-4-6-26(22-14)10-27-9-20-17(24-27)28(30)31/h1-7,9H,8,10H2,(H,21,23,29). The molecule has 0 fully saturated rings. The molecule has 4 rings (SSSR count). The molecule has 0 radical (unpaired) electrons. The summed E-state index contributed by atoms with van der Waals surface area (Å²) in [4.78, 5) is 25.9. The van der Waals surface area contributed by atoms with Crippen molar-refractivity contribution in [2.24, 2.45) is 0 Å². The van der Waals surface area contributed by atoms with E-state index in [1.807, 2.05) is 0 Å². The highest BCUT2D eigenvalue weighted by atomic mass is 35.5. The summed E-state index contributed by atoms with van der Waals surface area (Å²) in [5.74, 6) is -1.24. The van der Waals surface area contributed by atoms with Gasteiger partial charge in [-0.2, -0.15) is 14.9 Å². The number of rotatable bonds is 7. The van der Waals surface area contributed by atoms with Crippen LogP contribution in [0, 0.1) is 15.9 Å². The second-order valence-electron chi connectivity index (χ2n) is 6.28. The number of hydrogen-bond donors (Lipinski definition) is 1. The maximum Gasteiger partial charge on any atom is 0.491 e. The van der Waals surface area contributed by atoms with Crippen molar-refractivity contribution in [1.82, 2.24) is 34.3 Å². The van der Waals surface area contributed by atoms with Crippen molar-refractivity contribution in [3.8, 4) is 0 Å². The highest BCUT2D eigenvalue weighted by Gasteiger charge is 2.16. The molecule has 0 aliphatic heterocycles.